The van der Waals surface area contributed by atoms with Crippen molar-refractivity contribution in [2.45, 2.75) is 45.2 Å². The van der Waals surface area contributed by atoms with E-state index in [1.54, 1.807) is 0 Å². The Kier molecular flexibility index (Phi) is 10.8. The van der Waals surface area contributed by atoms with Crippen LogP contribution in [0, 0.1) is 5.92 Å². The van der Waals surface area contributed by atoms with Gasteiger partial charge in [0.15, 0.2) is 5.96 Å². The van der Waals surface area contributed by atoms with Crippen molar-refractivity contribution in [2.75, 3.05) is 59.5 Å². The van der Waals surface area contributed by atoms with Crippen molar-refractivity contribution in [3.05, 3.63) is 22.4 Å². The summed E-state index contributed by atoms with van der Waals surface area (Å²) < 4.78 is 5.56. The van der Waals surface area contributed by atoms with Crippen molar-refractivity contribution in [1.82, 2.24) is 20.4 Å². The topological polar surface area (TPSA) is 52.1 Å². The standard InChI is InChI=1S/C22H39N5OS.HI/c1-18-7-5-9-27(16-18)22(2,3)17-25-21(23-4)24-15-19(20-8-6-14-29-20)26-10-12-28-13-11-26;/h6,8,14,18-19H,5,7,9-13,15-17H2,1-4H3,(H2,23,24,25);1H. The summed E-state index contributed by atoms with van der Waals surface area (Å²) in [5.74, 6) is 1.68. The van der Waals surface area contributed by atoms with Crippen LogP contribution in [0.2, 0.25) is 0 Å². The summed E-state index contributed by atoms with van der Waals surface area (Å²) >= 11 is 1.83. The molecule has 0 radical (unpaired) electrons. The molecule has 2 unspecified atom stereocenters. The fourth-order valence-corrected chi connectivity index (χ4v) is 5.21. The highest BCUT2D eigenvalue weighted by atomic mass is 127. The van der Waals surface area contributed by atoms with Gasteiger partial charge in [0.25, 0.3) is 0 Å². The van der Waals surface area contributed by atoms with Crippen LogP contribution in [-0.2, 0) is 4.74 Å². The van der Waals surface area contributed by atoms with E-state index in [0.717, 1.165) is 51.3 Å². The number of ether oxygens (including phenoxy) is 1. The predicted molar refractivity (Wildman–Crippen MR) is 138 cm³/mol. The molecule has 2 atom stereocenters. The van der Waals surface area contributed by atoms with Gasteiger partial charge in [-0.3, -0.25) is 14.8 Å². The van der Waals surface area contributed by atoms with Crippen molar-refractivity contribution in [1.29, 1.82) is 0 Å². The van der Waals surface area contributed by atoms with Crippen molar-refractivity contribution in [3.63, 3.8) is 0 Å². The zero-order chi connectivity index (χ0) is 20.7. The number of halogens is 1. The maximum atomic E-state index is 5.56. The fraction of sp³-hybridized carbons (Fsp3) is 0.773. The third kappa shape index (κ3) is 7.32. The van der Waals surface area contributed by atoms with Crippen molar-refractivity contribution in [3.8, 4) is 0 Å². The lowest BCUT2D eigenvalue weighted by Crippen LogP contribution is -2.56. The number of hydrogen-bond donors (Lipinski definition) is 2. The summed E-state index contributed by atoms with van der Waals surface area (Å²) in [6, 6.07) is 4.74. The summed E-state index contributed by atoms with van der Waals surface area (Å²) in [7, 11) is 1.86. The largest absolute Gasteiger partial charge is 0.379 e. The van der Waals surface area contributed by atoms with Gasteiger partial charge >= 0.3 is 0 Å². The van der Waals surface area contributed by atoms with Crippen LogP contribution in [-0.4, -0.2) is 80.8 Å². The third-order valence-electron chi connectivity index (χ3n) is 6.25. The monoisotopic (exact) mass is 549 g/mol. The highest BCUT2D eigenvalue weighted by molar-refractivity contribution is 14.0. The summed E-state index contributed by atoms with van der Waals surface area (Å²) in [6.07, 6.45) is 2.66. The first-order chi connectivity index (χ1) is 14.0. The van der Waals surface area contributed by atoms with Gasteiger partial charge in [-0.1, -0.05) is 13.0 Å². The van der Waals surface area contributed by atoms with Gasteiger partial charge in [-0.15, -0.1) is 35.3 Å². The van der Waals surface area contributed by atoms with Gasteiger partial charge in [0, 0.05) is 50.2 Å². The molecule has 0 amide bonds. The Hall–Kier alpha value is -0.420. The second-order valence-electron chi connectivity index (χ2n) is 8.99. The fourth-order valence-electron chi connectivity index (χ4n) is 4.34. The van der Waals surface area contributed by atoms with E-state index in [0.29, 0.717) is 6.04 Å². The van der Waals surface area contributed by atoms with Crippen molar-refractivity contribution in [2.24, 2.45) is 10.9 Å². The Balaban J connectivity index is 0.00000320. The van der Waals surface area contributed by atoms with Crippen LogP contribution in [0.15, 0.2) is 22.5 Å². The summed E-state index contributed by atoms with van der Waals surface area (Å²) in [5.41, 5.74) is 0.115. The predicted octanol–water partition coefficient (Wildman–Crippen LogP) is 3.41. The van der Waals surface area contributed by atoms with Crippen molar-refractivity contribution >= 4 is 41.3 Å². The minimum Gasteiger partial charge on any atom is -0.379 e. The number of rotatable bonds is 7. The molecule has 0 aliphatic carbocycles. The molecule has 2 N–H and O–H groups in total. The van der Waals surface area contributed by atoms with Gasteiger partial charge < -0.3 is 15.4 Å². The van der Waals surface area contributed by atoms with Gasteiger partial charge in [0.1, 0.15) is 0 Å². The first-order valence-corrected chi connectivity index (χ1v) is 11.9. The van der Waals surface area contributed by atoms with E-state index in [9.17, 15) is 0 Å². The lowest BCUT2D eigenvalue weighted by molar-refractivity contribution is 0.0177. The zero-order valence-corrected chi connectivity index (χ0v) is 22.2. The molecule has 3 rings (SSSR count). The van der Waals surface area contributed by atoms with Crippen molar-refractivity contribution < 1.29 is 4.74 Å². The van der Waals surface area contributed by atoms with E-state index in [4.69, 9.17) is 4.74 Å². The first kappa shape index (κ1) is 25.8. The third-order valence-corrected chi connectivity index (χ3v) is 7.22. The SMILES string of the molecule is CN=C(NCC(c1cccs1)N1CCOCC1)NCC(C)(C)N1CCCC(C)C1.I. The van der Waals surface area contributed by atoms with Gasteiger partial charge in [0.2, 0.25) is 0 Å². The van der Waals surface area contributed by atoms with E-state index in [1.807, 2.05) is 18.4 Å². The van der Waals surface area contributed by atoms with E-state index in [2.05, 4.69) is 63.7 Å². The van der Waals surface area contributed by atoms with Gasteiger partial charge in [-0.2, -0.15) is 0 Å². The molecule has 6 nitrogen and oxygen atoms in total. The van der Waals surface area contributed by atoms with Crippen LogP contribution in [0.3, 0.4) is 0 Å². The van der Waals surface area contributed by atoms with Gasteiger partial charge in [-0.05, 0) is 50.6 Å². The smallest absolute Gasteiger partial charge is 0.191 e. The molecule has 172 valence electrons. The number of nitrogens with one attached hydrogen (secondary N) is 2. The number of nitrogens with zero attached hydrogens (tertiary/aromatic N) is 3. The number of morpholine rings is 1. The Morgan fingerprint density at radius 3 is 2.70 bits per heavy atom. The maximum absolute atomic E-state index is 5.56. The Morgan fingerprint density at radius 1 is 1.30 bits per heavy atom. The minimum atomic E-state index is 0. The number of piperidine rings is 1. The molecular weight excluding hydrogens is 509 g/mol. The van der Waals surface area contributed by atoms with E-state index >= 15 is 0 Å². The number of hydrogen-bond acceptors (Lipinski definition) is 5. The second-order valence-corrected chi connectivity index (χ2v) is 9.97. The molecule has 2 aliphatic heterocycles. The molecule has 3 heterocycles. The molecule has 0 bridgehead atoms. The number of aliphatic imine (C=N–C) groups is 1. The molecule has 1 aromatic rings. The molecule has 0 saturated carbocycles. The highest BCUT2D eigenvalue weighted by Gasteiger charge is 2.30. The Morgan fingerprint density at radius 2 is 2.07 bits per heavy atom. The molecule has 8 heteroatoms. The maximum Gasteiger partial charge on any atom is 0.191 e. The summed E-state index contributed by atoms with van der Waals surface area (Å²) in [6.45, 7) is 14.8. The summed E-state index contributed by atoms with van der Waals surface area (Å²) in [5, 5.41) is 9.33. The van der Waals surface area contributed by atoms with Gasteiger partial charge in [-0.25, -0.2) is 0 Å². The molecule has 1 aromatic heterocycles. The lowest BCUT2D eigenvalue weighted by atomic mass is 9.93. The number of thiophene rings is 1. The molecular formula is C22H40IN5OS. The summed E-state index contributed by atoms with van der Waals surface area (Å²) in [4.78, 5) is 11.0. The first-order valence-electron chi connectivity index (χ1n) is 11.0. The second kappa shape index (κ2) is 12.6. The molecule has 0 spiro atoms. The average molecular weight is 550 g/mol. The molecule has 30 heavy (non-hydrogen) atoms. The minimum absolute atomic E-state index is 0. The van der Waals surface area contributed by atoms with Crippen LogP contribution in [0.4, 0.5) is 0 Å². The van der Waals surface area contributed by atoms with Crippen LogP contribution < -0.4 is 10.6 Å². The van der Waals surface area contributed by atoms with Crippen LogP contribution in [0.25, 0.3) is 0 Å². The lowest BCUT2D eigenvalue weighted by Gasteiger charge is -2.43. The van der Waals surface area contributed by atoms with E-state index in [-0.39, 0.29) is 29.5 Å². The van der Waals surface area contributed by atoms with Crippen LogP contribution >= 0.6 is 35.3 Å². The van der Waals surface area contributed by atoms with E-state index in [1.165, 1.54) is 30.8 Å². The van der Waals surface area contributed by atoms with Gasteiger partial charge in [0.05, 0.1) is 19.3 Å². The van der Waals surface area contributed by atoms with E-state index < -0.39 is 0 Å². The molecule has 0 aromatic carbocycles. The quantitative estimate of drug-likeness (QED) is 0.310. The number of guanidine groups is 1. The zero-order valence-electron chi connectivity index (χ0n) is 19.0. The highest BCUT2D eigenvalue weighted by Crippen LogP contribution is 2.26. The molecule has 2 saturated heterocycles. The Labute approximate surface area is 203 Å². The average Bonchev–Trinajstić information content (AvgIpc) is 3.26. The molecule has 2 fully saturated rings. The normalized spacial score (nSPS) is 22.9. The van der Waals surface area contributed by atoms with Crippen LogP contribution in [0.1, 0.15) is 44.5 Å². The Bertz CT molecular complexity index is 633. The molecule has 2 aliphatic rings. The van der Waals surface area contributed by atoms with Crippen LogP contribution in [0.5, 0.6) is 0 Å². The number of likely N-dealkylation sites (tertiary alicyclic amines) is 1.